The molecule has 0 aliphatic heterocycles. The highest BCUT2D eigenvalue weighted by atomic mass is 16.5. The van der Waals surface area contributed by atoms with Crippen LogP contribution in [0.15, 0.2) is 0 Å². The summed E-state index contributed by atoms with van der Waals surface area (Å²) in [6.07, 6.45) is 0.683. The van der Waals surface area contributed by atoms with Crippen LogP contribution in [-0.4, -0.2) is 51.2 Å². The van der Waals surface area contributed by atoms with E-state index in [1.54, 1.807) is 6.92 Å². The van der Waals surface area contributed by atoms with Crippen molar-refractivity contribution < 1.29 is 19.1 Å². The van der Waals surface area contributed by atoms with Gasteiger partial charge in [0.25, 0.3) is 0 Å². The zero-order valence-corrected chi connectivity index (χ0v) is 8.90. The first kappa shape index (κ1) is 14.0. The van der Waals surface area contributed by atoms with Crippen LogP contribution in [0.1, 0.15) is 6.92 Å². The van der Waals surface area contributed by atoms with E-state index in [0.717, 1.165) is 0 Å². The SMILES string of the molecule is C[C@@H](N)C(=O)NCCOCCOCC=O. The van der Waals surface area contributed by atoms with Crippen molar-refractivity contribution in [3.8, 4) is 0 Å². The molecule has 0 aromatic rings. The van der Waals surface area contributed by atoms with E-state index < -0.39 is 6.04 Å². The zero-order valence-electron chi connectivity index (χ0n) is 8.90. The van der Waals surface area contributed by atoms with Gasteiger partial charge >= 0.3 is 0 Å². The third-order valence-corrected chi connectivity index (χ3v) is 1.52. The van der Waals surface area contributed by atoms with Crippen LogP contribution in [0.2, 0.25) is 0 Å². The molecule has 0 rings (SSSR count). The zero-order chi connectivity index (χ0) is 11.5. The van der Waals surface area contributed by atoms with Gasteiger partial charge in [-0.05, 0) is 6.92 Å². The van der Waals surface area contributed by atoms with E-state index in [0.29, 0.717) is 32.7 Å². The van der Waals surface area contributed by atoms with E-state index in [2.05, 4.69) is 5.32 Å². The fourth-order valence-corrected chi connectivity index (χ4v) is 0.759. The minimum absolute atomic E-state index is 0.0881. The minimum Gasteiger partial charge on any atom is -0.377 e. The van der Waals surface area contributed by atoms with E-state index in [9.17, 15) is 9.59 Å². The molecule has 0 aliphatic rings. The molecular weight excluding hydrogens is 200 g/mol. The summed E-state index contributed by atoms with van der Waals surface area (Å²) in [5, 5.41) is 2.60. The Balaban J connectivity index is 3.11. The van der Waals surface area contributed by atoms with Crippen molar-refractivity contribution in [2.45, 2.75) is 13.0 Å². The van der Waals surface area contributed by atoms with Gasteiger partial charge in [-0.15, -0.1) is 0 Å². The van der Waals surface area contributed by atoms with Crippen LogP contribution in [0.25, 0.3) is 0 Å². The third kappa shape index (κ3) is 9.33. The predicted molar refractivity (Wildman–Crippen MR) is 54.4 cm³/mol. The van der Waals surface area contributed by atoms with E-state index in [4.69, 9.17) is 15.2 Å². The lowest BCUT2D eigenvalue weighted by atomic mass is 10.3. The predicted octanol–water partition coefficient (Wildman–Crippen LogP) is -1.32. The van der Waals surface area contributed by atoms with Gasteiger partial charge in [0, 0.05) is 6.54 Å². The van der Waals surface area contributed by atoms with Gasteiger partial charge in [-0.1, -0.05) is 0 Å². The number of carbonyl (C=O) groups is 2. The molecule has 0 saturated heterocycles. The molecule has 6 heteroatoms. The maximum Gasteiger partial charge on any atom is 0.236 e. The Labute approximate surface area is 89.1 Å². The summed E-state index contributed by atoms with van der Waals surface area (Å²) < 4.78 is 9.96. The number of hydrogen-bond donors (Lipinski definition) is 2. The first-order valence-electron chi connectivity index (χ1n) is 4.81. The summed E-state index contributed by atoms with van der Waals surface area (Å²) in [5.74, 6) is -0.198. The molecule has 15 heavy (non-hydrogen) atoms. The summed E-state index contributed by atoms with van der Waals surface area (Å²) >= 11 is 0. The smallest absolute Gasteiger partial charge is 0.236 e. The highest BCUT2D eigenvalue weighted by molar-refractivity contribution is 5.80. The van der Waals surface area contributed by atoms with Crippen molar-refractivity contribution in [3.05, 3.63) is 0 Å². The molecule has 88 valence electrons. The Kier molecular flexibility index (Phi) is 8.95. The first-order chi connectivity index (χ1) is 7.18. The van der Waals surface area contributed by atoms with Crippen LogP contribution in [-0.2, 0) is 19.1 Å². The van der Waals surface area contributed by atoms with Crippen molar-refractivity contribution in [1.29, 1.82) is 0 Å². The average molecular weight is 218 g/mol. The Bertz CT molecular complexity index is 185. The maximum atomic E-state index is 11.0. The standard InChI is InChI=1S/C9H18N2O4/c1-8(10)9(13)11-2-4-14-6-7-15-5-3-12/h3,8H,2,4-7,10H2,1H3,(H,11,13)/t8-/m1/s1. The first-order valence-corrected chi connectivity index (χ1v) is 4.81. The van der Waals surface area contributed by atoms with Gasteiger partial charge in [0.1, 0.15) is 12.9 Å². The maximum absolute atomic E-state index is 11.0. The number of carbonyl (C=O) groups excluding carboxylic acids is 2. The number of ether oxygens (including phenoxy) is 2. The van der Waals surface area contributed by atoms with Crippen molar-refractivity contribution in [3.63, 3.8) is 0 Å². The van der Waals surface area contributed by atoms with Gasteiger partial charge in [0.15, 0.2) is 0 Å². The summed E-state index contributed by atoms with van der Waals surface area (Å²) in [6, 6.07) is -0.499. The van der Waals surface area contributed by atoms with Crippen molar-refractivity contribution >= 4 is 12.2 Å². The quantitative estimate of drug-likeness (QED) is 0.370. The largest absolute Gasteiger partial charge is 0.377 e. The highest BCUT2D eigenvalue weighted by Gasteiger charge is 2.04. The van der Waals surface area contributed by atoms with Gasteiger partial charge < -0.3 is 25.3 Å². The van der Waals surface area contributed by atoms with Crippen LogP contribution in [0.5, 0.6) is 0 Å². The number of hydrogen-bond acceptors (Lipinski definition) is 5. The molecule has 6 nitrogen and oxygen atoms in total. The molecule has 1 amide bonds. The van der Waals surface area contributed by atoms with Gasteiger partial charge in [0.2, 0.25) is 5.91 Å². The normalized spacial score (nSPS) is 12.1. The topological polar surface area (TPSA) is 90.7 Å². The van der Waals surface area contributed by atoms with E-state index >= 15 is 0 Å². The fourth-order valence-electron chi connectivity index (χ4n) is 0.759. The monoisotopic (exact) mass is 218 g/mol. The molecule has 0 aromatic heterocycles. The lowest BCUT2D eigenvalue weighted by Crippen LogP contribution is -2.39. The van der Waals surface area contributed by atoms with Crippen LogP contribution in [0.4, 0.5) is 0 Å². The van der Waals surface area contributed by atoms with Crippen LogP contribution < -0.4 is 11.1 Å². The Morgan fingerprint density at radius 1 is 1.40 bits per heavy atom. The molecule has 0 spiro atoms. The molecule has 0 heterocycles. The molecule has 0 aliphatic carbocycles. The molecule has 0 bridgehead atoms. The second kappa shape index (κ2) is 9.57. The summed E-state index contributed by atoms with van der Waals surface area (Å²) in [7, 11) is 0. The van der Waals surface area contributed by atoms with Crippen LogP contribution in [0, 0.1) is 0 Å². The molecule has 0 unspecified atom stereocenters. The number of aldehydes is 1. The molecular formula is C9H18N2O4. The molecule has 3 N–H and O–H groups in total. The summed E-state index contributed by atoms with van der Waals surface area (Å²) in [4.78, 5) is 20.8. The second-order valence-electron chi connectivity index (χ2n) is 2.93. The Hall–Kier alpha value is -0.980. The molecule has 0 aromatic carbocycles. The molecule has 0 radical (unpaired) electrons. The number of nitrogens with two attached hydrogens (primary N) is 1. The van der Waals surface area contributed by atoms with Crippen molar-refractivity contribution in [1.82, 2.24) is 5.32 Å². The number of rotatable bonds is 9. The Morgan fingerprint density at radius 2 is 2.07 bits per heavy atom. The summed E-state index contributed by atoms with van der Waals surface area (Å²) in [6.45, 7) is 3.31. The number of nitrogens with one attached hydrogen (secondary N) is 1. The summed E-state index contributed by atoms with van der Waals surface area (Å²) in [5.41, 5.74) is 5.33. The molecule has 0 fully saturated rings. The second-order valence-corrected chi connectivity index (χ2v) is 2.93. The molecule has 1 atom stereocenters. The van der Waals surface area contributed by atoms with E-state index in [1.807, 2.05) is 0 Å². The third-order valence-electron chi connectivity index (χ3n) is 1.52. The molecule has 0 saturated carbocycles. The highest BCUT2D eigenvalue weighted by Crippen LogP contribution is 1.78. The average Bonchev–Trinajstić information content (AvgIpc) is 2.21. The van der Waals surface area contributed by atoms with E-state index in [-0.39, 0.29) is 12.5 Å². The van der Waals surface area contributed by atoms with Gasteiger partial charge in [-0.3, -0.25) is 4.79 Å². The van der Waals surface area contributed by atoms with Crippen molar-refractivity contribution in [2.75, 3.05) is 33.0 Å². The lowest BCUT2D eigenvalue weighted by molar-refractivity contribution is -0.122. The Morgan fingerprint density at radius 3 is 2.67 bits per heavy atom. The minimum atomic E-state index is -0.499. The van der Waals surface area contributed by atoms with Crippen LogP contribution in [0.3, 0.4) is 0 Å². The van der Waals surface area contributed by atoms with Gasteiger partial charge in [0.05, 0.1) is 25.9 Å². The van der Waals surface area contributed by atoms with E-state index in [1.165, 1.54) is 0 Å². The van der Waals surface area contributed by atoms with Gasteiger partial charge in [-0.2, -0.15) is 0 Å². The number of amides is 1. The lowest BCUT2D eigenvalue weighted by Gasteiger charge is -2.08. The van der Waals surface area contributed by atoms with Gasteiger partial charge in [-0.25, -0.2) is 0 Å². The fraction of sp³-hybridized carbons (Fsp3) is 0.778. The van der Waals surface area contributed by atoms with Crippen molar-refractivity contribution in [2.24, 2.45) is 5.73 Å². The van der Waals surface area contributed by atoms with Crippen LogP contribution >= 0.6 is 0 Å².